The molecule has 0 aliphatic carbocycles. The summed E-state index contributed by atoms with van der Waals surface area (Å²) < 4.78 is 5.54. The number of hydrogen-bond donors (Lipinski definition) is 2. The van der Waals surface area contributed by atoms with E-state index in [0.717, 1.165) is 17.9 Å². The van der Waals surface area contributed by atoms with Gasteiger partial charge in [0.15, 0.2) is 0 Å². The number of fused-ring (bicyclic) bond motifs is 1. The van der Waals surface area contributed by atoms with Gasteiger partial charge >= 0.3 is 0 Å². The lowest BCUT2D eigenvalue weighted by Gasteiger charge is -2.31. The van der Waals surface area contributed by atoms with Crippen molar-refractivity contribution < 1.29 is 9.53 Å². The van der Waals surface area contributed by atoms with Crippen LogP contribution in [0.25, 0.3) is 0 Å². The van der Waals surface area contributed by atoms with E-state index in [2.05, 4.69) is 5.32 Å². The van der Waals surface area contributed by atoms with Crippen molar-refractivity contribution in [2.45, 2.75) is 13.3 Å². The van der Waals surface area contributed by atoms with Crippen molar-refractivity contribution in [1.29, 1.82) is 0 Å². The third-order valence-corrected chi connectivity index (χ3v) is 2.87. The van der Waals surface area contributed by atoms with Gasteiger partial charge in [-0.3, -0.25) is 4.79 Å². The Labute approximate surface area is 107 Å². The van der Waals surface area contributed by atoms with Gasteiger partial charge in [-0.15, -0.1) is 0 Å². The summed E-state index contributed by atoms with van der Waals surface area (Å²) >= 11 is 0. The van der Waals surface area contributed by atoms with Gasteiger partial charge in [0.2, 0.25) is 5.91 Å². The normalized spacial score (nSPS) is 13.7. The van der Waals surface area contributed by atoms with Crippen LogP contribution < -0.4 is 20.7 Å². The molecule has 98 valence electrons. The number of nitrogen functional groups attached to an aromatic ring is 1. The van der Waals surface area contributed by atoms with Crippen LogP contribution in [0.2, 0.25) is 0 Å². The Morgan fingerprint density at radius 3 is 3.17 bits per heavy atom. The number of rotatable bonds is 4. The molecule has 0 fully saturated rings. The highest BCUT2D eigenvalue weighted by molar-refractivity contribution is 5.85. The van der Waals surface area contributed by atoms with Gasteiger partial charge in [-0.05, 0) is 18.6 Å². The van der Waals surface area contributed by atoms with E-state index in [-0.39, 0.29) is 5.91 Å². The first kappa shape index (κ1) is 12.5. The second kappa shape index (κ2) is 5.62. The molecule has 0 atom stereocenters. The largest absolute Gasteiger partial charge is 0.489 e. The van der Waals surface area contributed by atoms with Crippen LogP contribution in [-0.4, -0.2) is 32.1 Å². The van der Waals surface area contributed by atoms with E-state index in [1.807, 2.05) is 30.0 Å². The van der Waals surface area contributed by atoms with E-state index in [9.17, 15) is 4.79 Å². The quantitative estimate of drug-likeness (QED) is 0.781. The van der Waals surface area contributed by atoms with Crippen LogP contribution in [0.3, 0.4) is 0 Å². The molecule has 0 saturated heterocycles. The molecule has 1 aromatic rings. The highest BCUT2D eigenvalue weighted by atomic mass is 16.5. The molecular formula is C13H19N3O2. The fraction of sp³-hybridized carbons (Fsp3) is 0.462. The number of carbonyl (C=O) groups excluding carboxylic acids is 1. The Morgan fingerprint density at radius 2 is 2.39 bits per heavy atom. The zero-order valence-corrected chi connectivity index (χ0v) is 10.6. The fourth-order valence-corrected chi connectivity index (χ4v) is 2.02. The molecule has 5 nitrogen and oxygen atoms in total. The topological polar surface area (TPSA) is 67.6 Å². The number of ether oxygens (including phenoxy) is 1. The lowest BCUT2D eigenvalue weighted by molar-refractivity contribution is -0.119. The van der Waals surface area contributed by atoms with Crippen LogP contribution in [0.15, 0.2) is 18.2 Å². The molecule has 0 aromatic heterocycles. The molecule has 2 rings (SSSR count). The van der Waals surface area contributed by atoms with Gasteiger partial charge in [0.1, 0.15) is 18.0 Å². The van der Waals surface area contributed by atoms with Crippen molar-refractivity contribution in [2.75, 3.05) is 36.9 Å². The van der Waals surface area contributed by atoms with Gasteiger partial charge in [0.05, 0.1) is 18.8 Å². The van der Waals surface area contributed by atoms with Gasteiger partial charge in [0.25, 0.3) is 0 Å². The first-order chi connectivity index (χ1) is 8.72. The Balaban J connectivity index is 2.10. The molecule has 18 heavy (non-hydrogen) atoms. The predicted octanol–water partition coefficient (Wildman–Crippen LogP) is 0.994. The number of nitrogens with two attached hydrogens (primary N) is 1. The molecule has 0 spiro atoms. The number of nitrogens with zero attached hydrogens (tertiary/aromatic N) is 1. The molecule has 1 aliphatic rings. The maximum Gasteiger partial charge on any atom is 0.239 e. The van der Waals surface area contributed by atoms with Crippen LogP contribution in [0.5, 0.6) is 5.75 Å². The Bertz CT molecular complexity index is 434. The van der Waals surface area contributed by atoms with E-state index < -0.39 is 0 Å². The third-order valence-electron chi connectivity index (χ3n) is 2.87. The fourth-order valence-electron chi connectivity index (χ4n) is 2.02. The summed E-state index contributed by atoms with van der Waals surface area (Å²) in [5, 5.41) is 2.87. The summed E-state index contributed by atoms with van der Waals surface area (Å²) in [7, 11) is 0. The van der Waals surface area contributed by atoms with Gasteiger partial charge < -0.3 is 20.7 Å². The summed E-state index contributed by atoms with van der Waals surface area (Å²) in [5.41, 5.74) is 7.43. The molecule has 0 saturated carbocycles. The highest BCUT2D eigenvalue weighted by Crippen LogP contribution is 2.36. The highest BCUT2D eigenvalue weighted by Gasteiger charge is 2.22. The molecule has 1 aromatic carbocycles. The number of benzene rings is 1. The Morgan fingerprint density at radius 1 is 1.56 bits per heavy atom. The number of amides is 1. The molecule has 1 heterocycles. The number of carbonyl (C=O) groups is 1. The maximum atomic E-state index is 11.8. The number of nitrogens with one attached hydrogen (secondary N) is 1. The van der Waals surface area contributed by atoms with Crippen LogP contribution in [0.4, 0.5) is 11.4 Å². The van der Waals surface area contributed by atoms with Crippen molar-refractivity contribution in [3.05, 3.63) is 18.2 Å². The molecule has 0 bridgehead atoms. The number of para-hydroxylation sites is 1. The average molecular weight is 249 g/mol. The van der Waals surface area contributed by atoms with E-state index in [1.165, 1.54) is 0 Å². The average Bonchev–Trinajstić information content (AvgIpc) is 2.37. The standard InChI is InChI=1S/C13H19N3O2/c1-2-6-15-12(17)9-16-7-8-18-11-5-3-4-10(14)13(11)16/h3-5H,2,6-9,14H2,1H3,(H,15,17). The molecular weight excluding hydrogens is 230 g/mol. The molecule has 5 heteroatoms. The van der Waals surface area contributed by atoms with Crippen molar-refractivity contribution in [1.82, 2.24) is 5.32 Å². The SMILES string of the molecule is CCCNC(=O)CN1CCOc2cccc(N)c21. The minimum absolute atomic E-state index is 0.0213. The summed E-state index contributed by atoms with van der Waals surface area (Å²) in [6.45, 7) is 4.32. The molecule has 3 N–H and O–H groups in total. The lowest BCUT2D eigenvalue weighted by atomic mass is 10.2. The van der Waals surface area contributed by atoms with Crippen LogP contribution in [0, 0.1) is 0 Å². The second-order valence-electron chi connectivity index (χ2n) is 4.31. The third kappa shape index (κ3) is 2.67. The van der Waals surface area contributed by atoms with Crippen LogP contribution in [-0.2, 0) is 4.79 Å². The van der Waals surface area contributed by atoms with E-state index in [0.29, 0.717) is 31.9 Å². The number of anilines is 2. The lowest BCUT2D eigenvalue weighted by Crippen LogP contribution is -2.41. The summed E-state index contributed by atoms with van der Waals surface area (Å²) in [4.78, 5) is 13.7. The minimum Gasteiger partial charge on any atom is -0.489 e. The number of hydrogen-bond acceptors (Lipinski definition) is 4. The monoisotopic (exact) mass is 249 g/mol. The van der Waals surface area contributed by atoms with Crippen molar-refractivity contribution in [3.8, 4) is 5.75 Å². The van der Waals surface area contributed by atoms with E-state index in [1.54, 1.807) is 0 Å². The zero-order chi connectivity index (χ0) is 13.0. The Kier molecular flexibility index (Phi) is 3.92. The molecule has 0 radical (unpaired) electrons. The van der Waals surface area contributed by atoms with Crippen molar-refractivity contribution >= 4 is 17.3 Å². The van der Waals surface area contributed by atoms with Crippen LogP contribution >= 0.6 is 0 Å². The van der Waals surface area contributed by atoms with Crippen molar-refractivity contribution in [3.63, 3.8) is 0 Å². The smallest absolute Gasteiger partial charge is 0.239 e. The summed E-state index contributed by atoms with van der Waals surface area (Å²) in [5.74, 6) is 0.775. The van der Waals surface area contributed by atoms with Gasteiger partial charge in [0, 0.05) is 6.54 Å². The van der Waals surface area contributed by atoms with E-state index >= 15 is 0 Å². The van der Waals surface area contributed by atoms with Gasteiger partial charge in [-0.25, -0.2) is 0 Å². The summed E-state index contributed by atoms with van der Waals surface area (Å²) in [6.07, 6.45) is 0.938. The first-order valence-electron chi connectivity index (χ1n) is 6.25. The minimum atomic E-state index is 0.0213. The van der Waals surface area contributed by atoms with E-state index in [4.69, 9.17) is 10.5 Å². The van der Waals surface area contributed by atoms with Crippen LogP contribution in [0.1, 0.15) is 13.3 Å². The Hall–Kier alpha value is -1.91. The second-order valence-corrected chi connectivity index (χ2v) is 4.31. The predicted molar refractivity (Wildman–Crippen MR) is 71.9 cm³/mol. The molecule has 0 unspecified atom stereocenters. The zero-order valence-electron chi connectivity index (χ0n) is 10.6. The molecule has 1 amide bonds. The maximum absolute atomic E-state index is 11.8. The first-order valence-corrected chi connectivity index (χ1v) is 6.25. The molecule has 1 aliphatic heterocycles. The van der Waals surface area contributed by atoms with Gasteiger partial charge in [-0.2, -0.15) is 0 Å². The van der Waals surface area contributed by atoms with Gasteiger partial charge in [-0.1, -0.05) is 13.0 Å². The van der Waals surface area contributed by atoms with Crippen molar-refractivity contribution in [2.24, 2.45) is 0 Å². The summed E-state index contributed by atoms with van der Waals surface area (Å²) in [6, 6.07) is 5.56.